The monoisotopic (exact) mass is 381 g/mol. The number of aliphatic hydroxyl groups excluding tert-OH is 1. The van der Waals surface area contributed by atoms with Crippen LogP contribution in [-0.2, 0) is 9.59 Å². The topological polar surface area (TPSA) is 114 Å². The Hall–Kier alpha value is -3.55. The summed E-state index contributed by atoms with van der Waals surface area (Å²) in [4.78, 5) is 41.3. The smallest absolute Gasteiger partial charge is 0.295 e. The molecule has 1 unspecified atom stereocenters. The molecule has 0 spiro atoms. The van der Waals surface area contributed by atoms with Crippen LogP contribution in [0.1, 0.15) is 37.1 Å². The first-order valence-corrected chi connectivity index (χ1v) is 8.89. The number of carbonyl (C=O) groups excluding carboxylic acids is 2. The Balaban J connectivity index is 2.11. The molecule has 8 heteroatoms. The van der Waals surface area contributed by atoms with Gasteiger partial charge in [-0.05, 0) is 30.7 Å². The van der Waals surface area contributed by atoms with Gasteiger partial charge in [0, 0.05) is 30.4 Å². The van der Waals surface area contributed by atoms with E-state index < -0.39 is 22.7 Å². The molecule has 1 atom stereocenters. The lowest BCUT2D eigenvalue weighted by molar-refractivity contribution is -0.384. The van der Waals surface area contributed by atoms with Crippen molar-refractivity contribution in [2.45, 2.75) is 25.8 Å². The number of nitro groups is 1. The molecule has 1 N–H and O–H groups in total. The van der Waals surface area contributed by atoms with E-state index in [1.807, 2.05) is 6.92 Å². The molecule has 1 aromatic heterocycles. The summed E-state index contributed by atoms with van der Waals surface area (Å²) >= 11 is 0. The first-order chi connectivity index (χ1) is 13.5. The molecule has 144 valence electrons. The maximum atomic E-state index is 12.7. The zero-order valence-electron chi connectivity index (χ0n) is 15.2. The van der Waals surface area contributed by atoms with Gasteiger partial charge in [0.05, 0.1) is 16.2 Å². The maximum Gasteiger partial charge on any atom is 0.295 e. The van der Waals surface area contributed by atoms with Gasteiger partial charge in [0.25, 0.3) is 17.4 Å². The fraction of sp³-hybridized carbons (Fsp3) is 0.250. The normalized spacial score (nSPS) is 18.5. The summed E-state index contributed by atoms with van der Waals surface area (Å²) in [5.41, 5.74) is 0.496. The maximum absolute atomic E-state index is 12.7. The summed E-state index contributed by atoms with van der Waals surface area (Å²) in [6, 6.07) is 9.52. The van der Waals surface area contributed by atoms with Crippen LogP contribution in [-0.4, -0.2) is 38.1 Å². The Morgan fingerprint density at radius 2 is 1.93 bits per heavy atom. The van der Waals surface area contributed by atoms with Crippen LogP contribution < -0.4 is 0 Å². The number of rotatable bonds is 6. The van der Waals surface area contributed by atoms with Crippen molar-refractivity contribution in [1.82, 2.24) is 9.88 Å². The first kappa shape index (κ1) is 19.2. The van der Waals surface area contributed by atoms with E-state index in [4.69, 9.17) is 0 Å². The van der Waals surface area contributed by atoms with Crippen LogP contribution in [0.15, 0.2) is 54.2 Å². The van der Waals surface area contributed by atoms with Gasteiger partial charge in [0.15, 0.2) is 0 Å². The lowest BCUT2D eigenvalue weighted by atomic mass is 9.98. The third kappa shape index (κ3) is 3.48. The SMILES string of the molecule is CCCCN1C(=O)C(=O)/C(=C(\O)c2ccc([N+](=O)[O-])cc2)C1c1ccccn1. The summed E-state index contributed by atoms with van der Waals surface area (Å²) in [5, 5.41) is 21.6. The van der Waals surface area contributed by atoms with E-state index in [9.17, 15) is 24.8 Å². The van der Waals surface area contributed by atoms with Gasteiger partial charge < -0.3 is 10.0 Å². The van der Waals surface area contributed by atoms with Crippen molar-refractivity contribution < 1.29 is 19.6 Å². The number of ketones is 1. The molecule has 1 amide bonds. The van der Waals surface area contributed by atoms with E-state index in [0.29, 0.717) is 18.7 Å². The Kier molecular flexibility index (Phi) is 5.49. The van der Waals surface area contributed by atoms with Crippen LogP contribution >= 0.6 is 0 Å². The first-order valence-electron chi connectivity index (χ1n) is 8.89. The van der Waals surface area contributed by atoms with Gasteiger partial charge in [-0.15, -0.1) is 0 Å². The van der Waals surface area contributed by atoms with Crippen LogP contribution in [0.5, 0.6) is 0 Å². The molecule has 3 rings (SSSR count). The molecule has 8 nitrogen and oxygen atoms in total. The van der Waals surface area contributed by atoms with Crippen LogP contribution in [0.2, 0.25) is 0 Å². The molecule has 2 aromatic rings. The number of non-ortho nitro benzene ring substituents is 1. The van der Waals surface area contributed by atoms with Crippen molar-refractivity contribution in [3.63, 3.8) is 0 Å². The number of unbranched alkanes of at least 4 members (excludes halogenated alkanes) is 1. The van der Waals surface area contributed by atoms with Gasteiger partial charge >= 0.3 is 0 Å². The number of Topliss-reactive ketones (excluding diaryl/α,β-unsaturated/α-hetero) is 1. The number of hydrogen-bond donors (Lipinski definition) is 1. The number of carbonyl (C=O) groups is 2. The highest BCUT2D eigenvalue weighted by molar-refractivity contribution is 6.46. The Labute approximate surface area is 161 Å². The zero-order valence-corrected chi connectivity index (χ0v) is 15.2. The third-order valence-corrected chi connectivity index (χ3v) is 4.61. The number of nitrogens with zero attached hydrogens (tertiary/aromatic N) is 3. The van der Waals surface area contributed by atoms with Crippen LogP contribution in [0, 0.1) is 10.1 Å². The van der Waals surface area contributed by atoms with Gasteiger partial charge in [-0.25, -0.2) is 0 Å². The summed E-state index contributed by atoms with van der Waals surface area (Å²) in [6.45, 7) is 2.34. The third-order valence-electron chi connectivity index (χ3n) is 4.61. The van der Waals surface area contributed by atoms with Crippen LogP contribution in [0.4, 0.5) is 5.69 Å². The van der Waals surface area contributed by atoms with E-state index in [1.54, 1.807) is 24.4 Å². The molecule has 1 aliphatic rings. The summed E-state index contributed by atoms with van der Waals surface area (Å²) in [5.74, 6) is -1.85. The highest BCUT2D eigenvalue weighted by Gasteiger charge is 2.46. The minimum Gasteiger partial charge on any atom is -0.507 e. The number of likely N-dealkylation sites (tertiary alicyclic amines) is 1. The van der Waals surface area contributed by atoms with Gasteiger partial charge in [-0.1, -0.05) is 19.4 Å². The Bertz CT molecular complexity index is 938. The molecule has 0 radical (unpaired) electrons. The Morgan fingerprint density at radius 3 is 2.50 bits per heavy atom. The number of aromatic nitrogens is 1. The fourth-order valence-corrected chi connectivity index (χ4v) is 3.18. The molecule has 1 aliphatic heterocycles. The minimum absolute atomic E-state index is 0.0614. The highest BCUT2D eigenvalue weighted by Crippen LogP contribution is 2.38. The molecule has 0 bridgehead atoms. The average Bonchev–Trinajstić information content (AvgIpc) is 2.97. The molecule has 28 heavy (non-hydrogen) atoms. The lowest BCUT2D eigenvalue weighted by Crippen LogP contribution is -2.31. The molecule has 1 aromatic carbocycles. The van der Waals surface area contributed by atoms with Crippen molar-refractivity contribution in [3.05, 3.63) is 75.6 Å². The number of benzene rings is 1. The summed E-state index contributed by atoms with van der Waals surface area (Å²) < 4.78 is 0. The van der Waals surface area contributed by atoms with E-state index in [1.165, 1.54) is 29.2 Å². The van der Waals surface area contributed by atoms with Crippen molar-refractivity contribution in [2.75, 3.05) is 6.54 Å². The largest absolute Gasteiger partial charge is 0.507 e. The van der Waals surface area contributed by atoms with Gasteiger partial charge in [0.2, 0.25) is 0 Å². The molecular weight excluding hydrogens is 362 g/mol. The van der Waals surface area contributed by atoms with Crippen molar-refractivity contribution in [1.29, 1.82) is 0 Å². The second-order valence-electron chi connectivity index (χ2n) is 6.40. The van der Waals surface area contributed by atoms with Crippen LogP contribution in [0.3, 0.4) is 0 Å². The second kappa shape index (κ2) is 7.99. The number of hydrogen-bond acceptors (Lipinski definition) is 6. The highest BCUT2D eigenvalue weighted by atomic mass is 16.6. The Morgan fingerprint density at radius 1 is 1.21 bits per heavy atom. The molecule has 0 aliphatic carbocycles. The number of pyridine rings is 1. The average molecular weight is 381 g/mol. The molecule has 0 saturated carbocycles. The summed E-state index contributed by atoms with van der Waals surface area (Å²) in [6.07, 6.45) is 3.09. The second-order valence-corrected chi connectivity index (χ2v) is 6.40. The van der Waals surface area contributed by atoms with E-state index >= 15 is 0 Å². The predicted molar refractivity (Wildman–Crippen MR) is 101 cm³/mol. The molecule has 2 heterocycles. The standard InChI is InChI=1S/C20H19N3O5/c1-2-3-12-22-17(15-6-4-5-11-21-15)16(19(25)20(22)26)18(24)13-7-9-14(10-8-13)23(27)28/h4-11,17,24H,2-3,12H2,1H3/b18-16-. The van der Waals surface area contributed by atoms with Crippen molar-refractivity contribution in [3.8, 4) is 0 Å². The van der Waals surface area contributed by atoms with Gasteiger partial charge in [-0.2, -0.15) is 0 Å². The van der Waals surface area contributed by atoms with E-state index in [-0.39, 0.29) is 22.6 Å². The summed E-state index contributed by atoms with van der Waals surface area (Å²) in [7, 11) is 0. The van der Waals surface area contributed by atoms with Crippen molar-refractivity contribution in [2.24, 2.45) is 0 Å². The van der Waals surface area contributed by atoms with E-state index in [0.717, 1.165) is 6.42 Å². The molecule has 1 fully saturated rings. The van der Waals surface area contributed by atoms with Gasteiger partial charge in [0.1, 0.15) is 11.8 Å². The molecular formula is C20H19N3O5. The van der Waals surface area contributed by atoms with E-state index in [2.05, 4.69) is 4.98 Å². The fourth-order valence-electron chi connectivity index (χ4n) is 3.18. The van der Waals surface area contributed by atoms with Gasteiger partial charge in [-0.3, -0.25) is 24.7 Å². The van der Waals surface area contributed by atoms with Crippen LogP contribution in [0.25, 0.3) is 5.76 Å². The zero-order chi connectivity index (χ0) is 20.3. The number of nitro benzene ring substituents is 1. The lowest BCUT2D eigenvalue weighted by Gasteiger charge is -2.24. The predicted octanol–water partition coefficient (Wildman–Crippen LogP) is 3.21. The minimum atomic E-state index is -0.803. The molecule has 1 saturated heterocycles. The quantitative estimate of drug-likeness (QED) is 0.270. The number of aliphatic hydroxyl groups is 1. The number of amides is 1. The van der Waals surface area contributed by atoms with Crippen molar-refractivity contribution >= 4 is 23.1 Å².